The fourth-order valence-corrected chi connectivity index (χ4v) is 2.06. The Labute approximate surface area is 90.7 Å². The molecule has 1 aromatic rings. The van der Waals surface area contributed by atoms with Crippen molar-refractivity contribution < 1.29 is 4.74 Å². The highest BCUT2D eigenvalue weighted by molar-refractivity contribution is 5.37. The van der Waals surface area contributed by atoms with Gasteiger partial charge >= 0.3 is 0 Å². The first-order valence-electron chi connectivity index (χ1n) is 5.36. The zero-order chi connectivity index (χ0) is 10.7. The third kappa shape index (κ3) is 2.39. The van der Waals surface area contributed by atoms with Crippen LogP contribution in [0.1, 0.15) is 18.4 Å². The Bertz CT molecular complexity index is 371. The van der Waals surface area contributed by atoms with E-state index >= 15 is 0 Å². The number of benzene rings is 1. The minimum atomic E-state index is 0.259. The Morgan fingerprint density at radius 1 is 1.40 bits per heavy atom. The normalized spacial score (nSPS) is 20.1. The van der Waals surface area contributed by atoms with Crippen LogP contribution in [-0.2, 0) is 6.42 Å². The highest BCUT2D eigenvalue weighted by atomic mass is 16.5. The molecule has 0 saturated heterocycles. The third-order valence-corrected chi connectivity index (χ3v) is 2.86. The average molecular weight is 203 g/mol. The van der Waals surface area contributed by atoms with Gasteiger partial charge in [0.1, 0.15) is 5.75 Å². The molecule has 0 saturated carbocycles. The maximum atomic E-state index is 5.84. The Hall–Kier alpha value is -1.28. The van der Waals surface area contributed by atoms with Gasteiger partial charge in [-0.15, -0.1) is 0 Å². The minimum Gasteiger partial charge on any atom is -0.496 e. The van der Waals surface area contributed by atoms with Crippen LogP contribution in [0.15, 0.2) is 35.9 Å². The number of nitrogens with two attached hydrogens (primary N) is 1. The number of allylic oxidation sites excluding steroid dienone is 1. The van der Waals surface area contributed by atoms with Crippen LogP contribution < -0.4 is 10.5 Å². The second kappa shape index (κ2) is 4.49. The Morgan fingerprint density at radius 2 is 2.20 bits per heavy atom. The predicted octanol–water partition coefficient (Wildman–Crippen LogP) is 2.29. The van der Waals surface area contributed by atoms with Crippen LogP contribution in [0.25, 0.3) is 0 Å². The van der Waals surface area contributed by atoms with Crippen molar-refractivity contribution in [2.75, 3.05) is 7.11 Å². The number of rotatable bonds is 3. The summed E-state index contributed by atoms with van der Waals surface area (Å²) in [5, 5.41) is 0. The van der Waals surface area contributed by atoms with Crippen molar-refractivity contribution in [3.8, 4) is 5.75 Å². The molecule has 0 aliphatic heterocycles. The van der Waals surface area contributed by atoms with Crippen molar-refractivity contribution in [1.82, 2.24) is 0 Å². The molecule has 0 radical (unpaired) electrons. The lowest BCUT2D eigenvalue weighted by Crippen LogP contribution is -2.11. The van der Waals surface area contributed by atoms with Crippen LogP contribution in [-0.4, -0.2) is 13.2 Å². The van der Waals surface area contributed by atoms with E-state index in [1.807, 2.05) is 18.2 Å². The van der Waals surface area contributed by atoms with Gasteiger partial charge in [-0.05, 0) is 30.9 Å². The first-order valence-corrected chi connectivity index (χ1v) is 5.36. The summed E-state index contributed by atoms with van der Waals surface area (Å²) in [7, 11) is 1.72. The lowest BCUT2D eigenvalue weighted by atomic mass is 10.0. The van der Waals surface area contributed by atoms with E-state index in [9.17, 15) is 0 Å². The van der Waals surface area contributed by atoms with E-state index < -0.39 is 0 Å². The Kier molecular flexibility index (Phi) is 3.07. The molecule has 2 rings (SSSR count). The summed E-state index contributed by atoms with van der Waals surface area (Å²) in [6, 6.07) is 8.42. The summed E-state index contributed by atoms with van der Waals surface area (Å²) in [6.07, 6.45) is 5.37. The molecule has 1 aromatic carbocycles. The fourth-order valence-electron chi connectivity index (χ4n) is 2.06. The van der Waals surface area contributed by atoms with Crippen LogP contribution in [0.3, 0.4) is 0 Å². The molecule has 2 nitrogen and oxygen atoms in total. The maximum Gasteiger partial charge on any atom is 0.122 e. The zero-order valence-corrected chi connectivity index (χ0v) is 9.07. The van der Waals surface area contributed by atoms with Crippen LogP contribution in [0, 0.1) is 0 Å². The first-order chi connectivity index (χ1) is 7.29. The van der Waals surface area contributed by atoms with Gasteiger partial charge in [0.05, 0.1) is 7.11 Å². The molecule has 2 heteroatoms. The van der Waals surface area contributed by atoms with Gasteiger partial charge < -0.3 is 10.5 Å². The molecule has 0 heterocycles. The summed E-state index contributed by atoms with van der Waals surface area (Å²) in [5.74, 6) is 0.971. The van der Waals surface area contributed by atoms with Gasteiger partial charge in [-0.2, -0.15) is 0 Å². The molecule has 15 heavy (non-hydrogen) atoms. The van der Waals surface area contributed by atoms with Gasteiger partial charge in [-0.3, -0.25) is 0 Å². The number of methoxy groups -OCH3 is 1. The van der Waals surface area contributed by atoms with Crippen LogP contribution in [0.4, 0.5) is 0 Å². The van der Waals surface area contributed by atoms with Gasteiger partial charge in [0.25, 0.3) is 0 Å². The molecule has 1 aliphatic carbocycles. The van der Waals surface area contributed by atoms with Gasteiger partial charge in [0, 0.05) is 6.04 Å². The van der Waals surface area contributed by atoms with E-state index in [4.69, 9.17) is 10.5 Å². The predicted molar refractivity (Wildman–Crippen MR) is 62.0 cm³/mol. The molecule has 80 valence electrons. The number of para-hydroxylation sites is 1. The Balaban J connectivity index is 2.13. The molecule has 0 bridgehead atoms. The number of hydrogen-bond acceptors (Lipinski definition) is 2. The lowest BCUT2D eigenvalue weighted by Gasteiger charge is -2.08. The summed E-state index contributed by atoms with van der Waals surface area (Å²) < 4.78 is 5.32. The second-order valence-electron chi connectivity index (χ2n) is 4.02. The molecule has 0 fully saturated rings. The van der Waals surface area contributed by atoms with Gasteiger partial charge in [-0.25, -0.2) is 0 Å². The molecule has 2 N–H and O–H groups in total. The van der Waals surface area contributed by atoms with Crippen molar-refractivity contribution in [3.63, 3.8) is 0 Å². The Morgan fingerprint density at radius 3 is 2.87 bits per heavy atom. The summed E-state index contributed by atoms with van der Waals surface area (Å²) in [6.45, 7) is 0. The average Bonchev–Trinajstić information content (AvgIpc) is 2.65. The van der Waals surface area contributed by atoms with Crippen molar-refractivity contribution in [3.05, 3.63) is 41.5 Å². The van der Waals surface area contributed by atoms with Crippen LogP contribution >= 0.6 is 0 Å². The van der Waals surface area contributed by atoms with Crippen molar-refractivity contribution in [1.29, 1.82) is 0 Å². The number of hydrogen-bond donors (Lipinski definition) is 1. The smallest absolute Gasteiger partial charge is 0.122 e. The minimum absolute atomic E-state index is 0.259. The molecule has 0 spiro atoms. The molecule has 1 unspecified atom stereocenters. The van der Waals surface area contributed by atoms with E-state index in [1.54, 1.807) is 7.11 Å². The molecule has 1 atom stereocenters. The third-order valence-electron chi connectivity index (χ3n) is 2.86. The fraction of sp³-hybridized carbons (Fsp3) is 0.385. The molecule has 1 aliphatic rings. The van der Waals surface area contributed by atoms with Gasteiger partial charge in [0.15, 0.2) is 0 Å². The maximum absolute atomic E-state index is 5.84. The highest BCUT2D eigenvalue weighted by Crippen LogP contribution is 2.26. The standard InChI is InChI=1S/C13H17NO/c1-15-13-5-3-2-4-11(13)8-10-6-7-12(14)9-10/h2-5,9,12H,6-8,14H2,1H3. The topological polar surface area (TPSA) is 35.2 Å². The van der Waals surface area contributed by atoms with Crippen molar-refractivity contribution in [2.24, 2.45) is 5.73 Å². The summed E-state index contributed by atoms with van der Waals surface area (Å²) in [4.78, 5) is 0. The monoisotopic (exact) mass is 203 g/mol. The molecular weight excluding hydrogens is 186 g/mol. The summed E-state index contributed by atoms with van der Waals surface area (Å²) in [5.41, 5.74) is 8.53. The van der Waals surface area contributed by atoms with Crippen LogP contribution in [0.2, 0.25) is 0 Å². The SMILES string of the molecule is COc1ccccc1CC1=CC(N)CC1. The van der Waals surface area contributed by atoms with Gasteiger partial charge in [0.2, 0.25) is 0 Å². The zero-order valence-electron chi connectivity index (χ0n) is 9.07. The first kappa shape index (κ1) is 10.2. The van der Waals surface area contributed by atoms with E-state index in [-0.39, 0.29) is 6.04 Å². The lowest BCUT2D eigenvalue weighted by molar-refractivity contribution is 0.410. The molecular formula is C13H17NO. The quantitative estimate of drug-likeness (QED) is 0.765. The highest BCUT2D eigenvalue weighted by Gasteiger charge is 2.13. The van der Waals surface area contributed by atoms with E-state index in [1.165, 1.54) is 11.1 Å². The molecule has 0 aromatic heterocycles. The van der Waals surface area contributed by atoms with E-state index in [0.717, 1.165) is 25.0 Å². The van der Waals surface area contributed by atoms with E-state index in [2.05, 4.69) is 12.1 Å². The molecule has 0 amide bonds. The largest absolute Gasteiger partial charge is 0.496 e. The van der Waals surface area contributed by atoms with Gasteiger partial charge in [-0.1, -0.05) is 29.8 Å². The van der Waals surface area contributed by atoms with Crippen LogP contribution in [0.5, 0.6) is 5.75 Å². The summed E-state index contributed by atoms with van der Waals surface area (Å²) >= 11 is 0. The second-order valence-corrected chi connectivity index (χ2v) is 4.02. The van der Waals surface area contributed by atoms with Crippen molar-refractivity contribution >= 4 is 0 Å². The van der Waals surface area contributed by atoms with Crippen molar-refractivity contribution in [2.45, 2.75) is 25.3 Å². The van der Waals surface area contributed by atoms with E-state index in [0.29, 0.717) is 0 Å². The number of ether oxygens (including phenoxy) is 1.